The summed E-state index contributed by atoms with van der Waals surface area (Å²) in [5.74, 6) is -2.58. The number of Topliss-reactive ketones (excluding diaryl/α,β-unsaturated/α-hetero) is 1. The number of aliphatic hydroxyl groups is 1. The number of amides is 1. The molecule has 186 valence electrons. The smallest absolute Gasteiger partial charge is 0.303 e. The normalized spacial score (nSPS) is 11.8. The van der Waals surface area contributed by atoms with E-state index >= 15 is 0 Å². The van der Waals surface area contributed by atoms with Gasteiger partial charge in [0.1, 0.15) is 6.61 Å². The number of unbranched alkanes of at least 4 members (excludes halogenated alkanes) is 13. The molecule has 8 nitrogen and oxygen atoms in total. The second-order valence-corrected chi connectivity index (χ2v) is 8.52. The molecule has 0 radical (unpaired) electrons. The minimum atomic E-state index is -1.04. The first-order valence-corrected chi connectivity index (χ1v) is 12.2. The van der Waals surface area contributed by atoms with Gasteiger partial charge >= 0.3 is 11.9 Å². The van der Waals surface area contributed by atoms with Gasteiger partial charge in [0, 0.05) is 19.3 Å². The molecule has 0 saturated heterocycles. The van der Waals surface area contributed by atoms with Crippen molar-refractivity contribution in [2.45, 2.75) is 122 Å². The lowest BCUT2D eigenvalue weighted by molar-refractivity contribution is -0.138. The van der Waals surface area contributed by atoms with Crippen molar-refractivity contribution in [3.8, 4) is 0 Å². The zero-order valence-corrected chi connectivity index (χ0v) is 19.5. The van der Waals surface area contributed by atoms with E-state index in [9.17, 15) is 19.2 Å². The summed E-state index contributed by atoms with van der Waals surface area (Å²) in [6, 6.07) is -0.930. The maximum absolute atomic E-state index is 12.0. The lowest BCUT2D eigenvalue weighted by Gasteiger charge is -2.15. The molecule has 0 heterocycles. The number of hydrogen-bond donors (Lipinski definition) is 4. The van der Waals surface area contributed by atoms with Crippen molar-refractivity contribution < 1.29 is 34.5 Å². The van der Waals surface area contributed by atoms with Gasteiger partial charge in [-0.2, -0.15) is 0 Å². The molecule has 0 rings (SSSR count). The Bertz CT molecular complexity index is 536. The molecule has 0 aromatic rings. The summed E-state index contributed by atoms with van der Waals surface area (Å²) in [5.41, 5.74) is 0. The zero-order chi connectivity index (χ0) is 24.0. The average Bonchev–Trinajstić information content (AvgIpc) is 2.75. The standard InChI is InChI=1S/C24H43NO7/c26-19-21(27)20(17-18-24(31)32)25-22(28)15-13-11-9-7-5-3-1-2-4-6-8-10-12-14-16-23(29)30/h20,26H,1-19H2,(H,25,28)(H,29,30)(H,31,32)/t20-/m0/s1. The maximum Gasteiger partial charge on any atom is 0.303 e. The molecular formula is C24H43NO7. The molecule has 0 saturated carbocycles. The highest BCUT2D eigenvalue weighted by molar-refractivity contribution is 5.90. The first-order chi connectivity index (χ1) is 15.4. The van der Waals surface area contributed by atoms with E-state index in [1.807, 2.05) is 0 Å². The van der Waals surface area contributed by atoms with Crippen molar-refractivity contribution in [3.05, 3.63) is 0 Å². The minimum Gasteiger partial charge on any atom is -0.481 e. The Morgan fingerprint density at radius 2 is 0.938 bits per heavy atom. The van der Waals surface area contributed by atoms with Crippen LogP contribution in [0.4, 0.5) is 0 Å². The van der Waals surface area contributed by atoms with E-state index in [0.29, 0.717) is 6.42 Å². The summed E-state index contributed by atoms with van der Waals surface area (Å²) in [6.07, 6.45) is 15.8. The van der Waals surface area contributed by atoms with Gasteiger partial charge in [-0.1, -0.05) is 77.0 Å². The number of aliphatic carboxylic acids is 2. The van der Waals surface area contributed by atoms with Gasteiger partial charge in [0.05, 0.1) is 6.04 Å². The highest BCUT2D eigenvalue weighted by Gasteiger charge is 2.20. The fourth-order valence-corrected chi connectivity index (χ4v) is 3.64. The number of carboxylic acids is 2. The average molecular weight is 458 g/mol. The van der Waals surface area contributed by atoms with Crippen LogP contribution in [-0.2, 0) is 19.2 Å². The van der Waals surface area contributed by atoms with Crippen LogP contribution in [0.15, 0.2) is 0 Å². The van der Waals surface area contributed by atoms with Gasteiger partial charge < -0.3 is 20.6 Å². The fraction of sp³-hybridized carbons (Fsp3) is 0.833. The summed E-state index contributed by atoms with van der Waals surface area (Å²) in [4.78, 5) is 44.6. The fourth-order valence-electron chi connectivity index (χ4n) is 3.64. The van der Waals surface area contributed by atoms with Crippen molar-refractivity contribution in [3.63, 3.8) is 0 Å². The van der Waals surface area contributed by atoms with Gasteiger partial charge in [0.25, 0.3) is 0 Å². The van der Waals surface area contributed by atoms with Gasteiger partial charge in [-0.3, -0.25) is 19.2 Å². The molecule has 1 atom stereocenters. The summed E-state index contributed by atoms with van der Waals surface area (Å²) in [7, 11) is 0. The largest absolute Gasteiger partial charge is 0.481 e. The first kappa shape index (κ1) is 30.0. The third-order valence-corrected chi connectivity index (χ3v) is 5.57. The third-order valence-electron chi connectivity index (χ3n) is 5.57. The van der Waals surface area contributed by atoms with Crippen LogP contribution in [0.25, 0.3) is 0 Å². The van der Waals surface area contributed by atoms with Gasteiger partial charge in [-0.15, -0.1) is 0 Å². The van der Waals surface area contributed by atoms with Gasteiger partial charge in [0.2, 0.25) is 5.91 Å². The summed E-state index contributed by atoms with van der Waals surface area (Å²) < 4.78 is 0. The van der Waals surface area contributed by atoms with Gasteiger partial charge in [-0.25, -0.2) is 0 Å². The van der Waals surface area contributed by atoms with Crippen LogP contribution in [0.3, 0.4) is 0 Å². The van der Waals surface area contributed by atoms with Crippen molar-refractivity contribution >= 4 is 23.6 Å². The molecule has 0 spiro atoms. The van der Waals surface area contributed by atoms with Crippen LogP contribution in [0, 0.1) is 0 Å². The third kappa shape index (κ3) is 20.0. The predicted octanol–water partition coefficient (Wildman–Crippen LogP) is 4.22. The van der Waals surface area contributed by atoms with Crippen LogP contribution in [0.2, 0.25) is 0 Å². The summed E-state index contributed by atoms with van der Waals surface area (Å²) >= 11 is 0. The van der Waals surface area contributed by atoms with Crippen LogP contribution < -0.4 is 5.32 Å². The maximum atomic E-state index is 12.0. The molecule has 0 aromatic carbocycles. The number of rotatable bonds is 23. The minimum absolute atomic E-state index is 0.00669. The van der Waals surface area contributed by atoms with Gasteiger partial charge in [0.15, 0.2) is 5.78 Å². The lowest BCUT2D eigenvalue weighted by Crippen LogP contribution is -2.42. The number of nitrogens with one attached hydrogen (secondary N) is 1. The molecule has 0 aromatic heterocycles. The van der Waals surface area contributed by atoms with E-state index in [-0.39, 0.29) is 25.2 Å². The molecule has 1 amide bonds. The topological polar surface area (TPSA) is 141 Å². The van der Waals surface area contributed by atoms with Gasteiger partial charge in [-0.05, 0) is 19.3 Å². The Kier molecular flexibility index (Phi) is 19.6. The molecule has 0 aliphatic carbocycles. The second-order valence-electron chi connectivity index (χ2n) is 8.52. The van der Waals surface area contributed by atoms with Crippen LogP contribution >= 0.6 is 0 Å². The number of aliphatic hydroxyl groups excluding tert-OH is 1. The van der Waals surface area contributed by atoms with E-state index < -0.39 is 30.4 Å². The lowest BCUT2D eigenvalue weighted by atomic mass is 10.0. The monoisotopic (exact) mass is 457 g/mol. The molecule has 0 unspecified atom stereocenters. The van der Waals surface area contributed by atoms with Crippen molar-refractivity contribution in [2.24, 2.45) is 0 Å². The summed E-state index contributed by atoms with van der Waals surface area (Å²) in [6.45, 7) is -0.709. The quantitative estimate of drug-likeness (QED) is 0.168. The number of carbonyl (C=O) groups excluding carboxylic acids is 2. The van der Waals surface area contributed by atoms with Crippen molar-refractivity contribution in [2.75, 3.05) is 6.61 Å². The summed E-state index contributed by atoms with van der Waals surface area (Å²) in [5, 5.41) is 28.8. The van der Waals surface area contributed by atoms with Crippen molar-refractivity contribution in [1.29, 1.82) is 0 Å². The van der Waals surface area contributed by atoms with E-state index in [2.05, 4.69) is 5.32 Å². The van der Waals surface area contributed by atoms with Crippen LogP contribution in [0.1, 0.15) is 116 Å². The number of ketones is 1. The van der Waals surface area contributed by atoms with E-state index in [0.717, 1.165) is 44.9 Å². The molecule has 4 N–H and O–H groups in total. The Morgan fingerprint density at radius 1 is 0.562 bits per heavy atom. The van der Waals surface area contributed by atoms with E-state index in [1.54, 1.807) is 0 Å². The predicted molar refractivity (Wildman–Crippen MR) is 122 cm³/mol. The molecule has 0 fully saturated rings. The Labute approximate surface area is 192 Å². The van der Waals surface area contributed by atoms with Crippen LogP contribution in [0.5, 0.6) is 0 Å². The molecule has 0 bridgehead atoms. The SMILES string of the molecule is O=C(O)CCCCCCCCCCCCCCCCC(=O)N[C@@H](CCC(=O)O)C(=O)CO. The Hall–Kier alpha value is -1.96. The number of carboxylic acid groups (broad SMARTS) is 2. The Balaban J connectivity index is 3.51. The van der Waals surface area contributed by atoms with E-state index in [4.69, 9.17) is 15.3 Å². The second kappa shape index (κ2) is 20.9. The molecule has 0 aliphatic heterocycles. The number of hydrogen-bond acceptors (Lipinski definition) is 5. The molecule has 8 heteroatoms. The Morgan fingerprint density at radius 3 is 1.31 bits per heavy atom. The van der Waals surface area contributed by atoms with E-state index in [1.165, 1.54) is 44.9 Å². The first-order valence-electron chi connectivity index (χ1n) is 12.2. The highest BCUT2D eigenvalue weighted by Crippen LogP contribution is 2.14. The number of carbonyl (C=O) groups is 4. The molecular weight excluding hydrogens is 414 g/mol. The van der Waals surface area contributed by atoms with Crippen LogP contribution in [-0.4, -0.2) is 51.6 Å². The highest BCUT2D eigenvalue weighted by atomic mass is 16.4. The molecule has 0 aliphatic rings. The molecule has 32 heavy (non-hydrogen) atoms. The zero-order valence-electron chi connectivity index (χ0n) is 19.5. The van der Waals surface area contributed by atoms with Crippen molar-refractivity contribution in [1.82, 2.24) is 5.32 Å².